The summed E-state index contributed by atoms with van der Waals surface area (Å²) in [6.45, 7) is 2.17. The van der Waals surface area contributed by atoms with E-state index in [1.807, 2.05) is 6.92 Å². The number of esters is 1. The first-order valence-electron chi connectivity index (χ1n) is 9.32. The lowest BCUT2D eigenvalue weighted by molar-refractivity contribution is -0.151. The first-order valence-corrected chi connectivity index (χ1v) is 10.1. The first-order chi connectivity index (χ1) is 14.4. The Morgan fingerprint density at radius 2 is 1.87 bits per heavy atom. The van der Waals surface area contributed by atoms with Gasteiger partial charge in [0.05, 0.1) is 22.6 Å². The molecule has 30 heavy (non-hydrogen) atoms. The average molecular weight is 451 g/mol. The van der Waals surface area contributed by atoms with Gasteiger partial charge >= 0.3 is 5.97 Å². The fourth-order valence-electron chi connectivity index (χ4n) is 3.03. The molecule has 1 N–H and O–H groups in total. The maximum absolute atomic E-state index is 12.3. The third-order valence-corrected chi connectivity index (χ3v) is 5.21. The van der Waals surface area contributed by atoms with Crippen molar-refractivity contribution in [2.24, 2.45) is 5.92 Å². The number of benzene rings is 2. The SMILES string of the molecule is CCOc1ccc(N2C[C@H](C(=O)OCC(=O)Nc3ccc(Cl)c(Cl)c3)CC2=O)cc1. The number of hydrogen-bond donors (Lipinski definition) is 1. The molecule has 1 aliphatic rings. The van der Waals surface area contributed by atoms with E-state index in [0.717, 1.165) is 0 Å². The Balaban J connectivity index is 1.51. The van der Waals surface area contributed by atoms with E-state index in [2.05, 4.69) is 5.32 Å². The summed E-state index contributed by atoms with van der Waals surface area (Å²) >= 11 is 11.7. The van der Waals surface area contributed by atoms with Crippen molar-refractivity contribution in [3.05, 3.63) is 52.5 Å². The second kappa shape index (κ2) is 9.82. The maximum Gasteiger partial charge on any atom is 0.311 e. The maximum atomic E-state index is 12.3. The number of nitrogens with zero attached hydrogens (tertiary/aromatic N) is 1. The predicted octanol–water partition coefficient (Wildman–Crippen LogP) is 3.93. The fourth-order valence-corrected chi connectivity index (χ4v) is 3.33. The van der Waals surface area contributed by atoms with Gasteiger partial charge in [-0.2, -0.15) is 0 Å². The van der Waals surface area contributed by atoms with Crippen LogP contribution >= 0.6 is 23.2 Å². The second-order valence-electron chi connectivity index (χ2n) is 6.62. The van der Waals surface area contributed by atoms with Crippen LogP contribution in [0.2, 0.25) is 10.0 Å². The molecule has 2 aromatic carbocycles. The van der Waals surface area contributed by atoms with Crippen LogP contribution in [-0.4, -0.2) is 37.5 Å². The number of amides is 2. The molecule has 3 rings (SSSR count). The van der Waals surface area contributed by atoms with Gasteiger partial charge in [0.25, 0.3) is 5.91 Å². The Kier molecular flexibility index (Phi) is 7.18. The molecule has 1 atom stereocenters. The minimum Gasteiger partial charge on any atom is -0.494 e. The molecule has 2 aromatic rings. The monoisotopic (exact) mass is 450 g/mol. The van der Waals surface area contributed by atoms with Crippen molar-refractivity contribution >= 4 is 52.4 Å². The van der Waals surface area contributed by atoms with Gasteiger partial charge in [0.15, 0.2) is 6.61 Å². The van der Waals surface area contributed by atoms with Crippen molar-refractivity contribution < 1.29 is 23.9 Å². The van der Waals surface area contributed by atoms with Crippen LogP contribution in [-0.2, 0) is 19.1 Å². The molecule has 0 aromatic heterocycles. The van der Waals surface area contributed by atoms with Gasteiger partial charge in [0, 0.05) is 24.3 Å². The van der Waals surface area contributed by atoms with Crippen molar-refractivity contribution in [1.82, 2.24) is 0 Å². The van der Waals surface area contributed by atoms with Gasteiger partial charge in [-0.25, -0.2) is 0 Å². The van der Waals surface area contributed by atoms with Crippen LogP contribution in [0.4, 0.5) is 11.4 Å². The molecule has 7 nitrogen and oxygen atoms in total. The molecule has 2 amide bonds. The number of rotatable bonds is 7. The second-order valence-corrected chi connectivity index (χ2v) is 7.43. The van der Waals surface area contributed by atoms with Crippen LogP contribution in [0.5, 0.6) is 5.75 Å². The summed E-state index contributed by atoms with van der Waals surface area (Å²) in [6, 6.07) is 11.7. The van der Waals surface area contributed by atoms with Crippen molar-refractivity contribution in [3.63, 3.8) is 0 Å². The molecule has 158 valence electrons. The molecular formula is C21H20Cl2N2O5. The zero-order chi connectivity index (χ0) is 21.7. The summed E-state index contributed by atoms with van der Waals surface area (Å²) in [4.78, 5) is 38.2. The van der Waals surface area contributed by atoms with E-state index in [9.17, 15) is 14.4 Å². The molecule has 1 heterocycles. The third kappa shape index (κ3) is 5.43. The number of carbonyl (C=O) groups excluding carboxylic acids is 3. The van der Waals surface area contributed by atoms with Crippen LogP contribution in [0.1, 0.15) is 13.3 Å². The van der Waals surface area contributed by atoms with Crippen LogP contribution in [0.15, 0.2) is 42.5 Å². The molecular weight excluding hydrogens is 431 g/mol. The summed E-state index contributed by atoms with van der Waals surface area (Å²) in [5.74, 6) is -1.23. The first kappa shape index (κ1) is 21.9. The molecule has 0 bridgehead atoms. The van der Waals surface area contributed by atoms with Crippen LogP contribution in [0, 0.1) is 5.92 Å². The van der Waals surface area contributed by atoms with Crippen LogP contribution in [0.25, 0.3) is 0 Å². The standard InChI is InChI=1S/C21H20Cl2N2O5/c1-2-29-16-6-4-15(5-7-16)25-11-13(9-20(25)27)21(28)30-12-19(26)24-14-3-8-17(22)18(23)10-14/h3-8,10,13H,2,9,11-12H2,1H3,(H,24,26)/t13-/m1/s1. The zero-order valence-corrected chi connectivity index (χ0v) is 17.7. The van der Waals surface area contributed by atoms with Gasteiger partial charge in [-0.1, -0.05) is 23.2 Å². The molecule has 0 saturated carbocycles. The van der Waals surface area contributed by atoms with Gasteiger partial charge in [-0.15, -0.1) is 0 Å². The van der Waals surface area contributed by atoms with E-state index in [4.69, 9.17) is 32.7 Å². The van der Waals surface area contributed by atoms with Crippen molar-refractivity contribution in [3.8, 4) is 5.75 Å². The third-order valence-electron chi connectivity index (χ3n) is 4.47. The van der Waals surface area contributed by atoms with Crippen molar-refractivity contribution in [1.29, 1.82) is 0 Å². The number of halogens is 2. The molecule has 1 saturated heterocycles. The topological polar surface area (TPSA) is 84.9 Å². The van der Waals surface area contributed by atoms with Gasteiger partial charge in [-0.3, -0.25) is 14.4 Å². The Labute approximate surface area is 183 Å². The minimum atomic E-state index is -0.637. The Morgan fingerprint density at radius 1 is 1.13 bits per heavy atom. The summed E-state index contributed by atoms with van der Waals surface area (Å²) in [5, 5.41) is 3.23. The summed E-state index contributed by atoms with van der Waals surface area (Å²) in [5.41, 5.74) is 1.11. The van der Waals surface area contributed by atoms with Gasteiger partial charge < -0.3 is 19.7 Å². The smallest absolute Gasteiger partial charge is 0.311 e. The number of ether oxygens (including phenoxy) is 2. The lowest BCUT2D eigenvalue weighted by Gasteiger charge is -2.17. The molecule has 1 fully saturated rings. The number of carbonyl (C=O) groups is 3. The predicted molar refractivity (Wildman–Crippen MR) is 114 cm³/mol. The van der Waals surface area contributed by atoms with E-state index >= 15 is 0 Å². The molecule has 0 radical (unpaired) electrons. The van der Waals surface area contributed by atoms with Gasteiger partial charge in [0.2, 0.25) is 5.91 Å². The number of hydrogen-bond acceptors (Lipinski definition) is 5. The van der Waals surface area contributed by atoms with E-state index in [1.54, 1.807) is 36.4 Å². The summed E-state index contributed by atoms with van der Waals surface area (Å²) in [6.07, 6.45) is 0.0282. The average Bonchev–Trinajstić information content (AvgIpc) is 3.11. The Hall–Kier alpha value is -2.77. The largest absolute Gasteiger partial charge is 0.494 e. The highest BCUT2D eigenvalue weighted by molar-refractivity contribution is 6.42. The van der Waals surface area contributed by atoms with Crippen molar-refractivity contribution in [2.45, 2.75) is 13.3 Å². The molecule has 0 unspecified atom stereocenters. The highest BCUT2D eigenvalue weighted by atomic mass is 35.5. The zero-order valence-electron chi connectivity index (χ0n) is 16.2. The highest BCUT2D eigenvalue weighted by Crippen LogP contribution is 2.28. The van der Waals surface area contributed by atoms with Gasteiger partial charge in [0.1, 0.15) is 5.75 Å². The van der Waals surface area contributed by atoms with Gasteiger partial charge in [-0.05, 0) is 49.4 Å². The van der Waals surface area contributed by atoms with E-state index in [1.165, 1.54) is 11.0 Å². The number of nitrogens with one attached hydrogen (secondary N) is 1. The quantitative estimate of drug-likeness (QED) is 0.645. The Morgan fingerprint density at radius 3 is 2.53 bits per heavy atom. The number of anilines is 2. The fraction of sp³-hybridized carbons (Fsp3) is 0.286. The van der Waals surface area contributed by atoms with E-state index < -0.39 is 24.4 Å². The van der Waals surface area contributed by atoms with Crippen molar-refractivity contribution in [2.75, 3.05) is 30.0 Å². The normalized spacial score (nSPS) is 15.8. The molecule has 0 aliphatic carbocycles. The van der Waals surface area contributed by atoms with Crippen LogP contribution in [0.3, 0.4) is 0 Å². The molecule has 9 heteroatoms. The van der Waals surface area contributed by atoms with E-state index in [-0.39, 0.29) is 18.9 Å². The minimum absolute atomic E-state index is 0.0282. The summed E-state index contributed by atoms with van der Waals surface area (Å²) < 4.78 is 10.5. The molecule has 1 aliphatic heterocycles. The lowest BCUT2D eigenvalue weighted by Crippen LogP contribution is -2.28. The summed E-state index contributed by atoms with van der Waals surface area (Å²) in [7, 11) is 0. The van der Waals surface area contributed by atoms with Crippen LogP contribution < -0.4 is 15.0 Å². The molecule has 0 spiro atoms. The van der Waals surface area contributed by atoms with E-state index in [0.29, 0.717) is 33.8 Å². The lowest BCUT2D eigenvalue weighted by atomic mass is 10.1. The highest BCUT2D eigenvalue weighted by Gasteiger charge is 2.36. The Bertz CT molecular complexity index is 949.